The summed E-state index contributed by atoms with van der Waals surface area (Å²) in [7, 11) is 3.39. The number of ether oxygens (including phenoxy) is 1. The van der Waals surface area contributed by atoms with Crippen LogP contribution >= 0.6 is 15.9 Å². The molecule has 0 aromatic heterocycles. The van der Waals surface area contributed by atoms with Crippen LogP contribution in [0.5, 0.6) is 5.75 Å². The lowest BCUT2D eigenvalue weighted by atomic mass is 10.1. The Bertz CT molecular complexity index is 339. The van der Waals surface area contributed by atoms with Gasteiger partial charge in [-0.2, -0.15) is 0 Å². The van der Waals surface area contributed by atoms with Gasteiger partial charge in [0.25, 0.3) is 0 Å². The van der Waals surface area contributed by atoms with Crippen molar-refractivity contribution in [2.45, 2.75) is 6.54 Å². The SMILES string of the molecule is CNCc1cc(Br)cc(OC)c1C=O. The second kappa shape index (κ2) is 5.12. The summed E-state index contributed by atoms with van der Waals surface area (Å²) in [6.07, 6.45) is 0.817. The molecule has 0 saturated heterocycles. The van der Waals surface area contributed by atoms with Crippen LogP contribution in [-0.2, 0) is 6.54 Å². The summed E-state index contributed by atoms with van der Waals surface area (Å²) < 4.78 is 6.02. The molecule has 14 heavy (non-hydrogen) atoms. The zero-order valence-corrected chi connectivity index (χ0v) is 9.72. The highest BCUT2D eigenvalue weighted by Gasteiger charge is 2.09. The van der Waals surface area contributed by atoms with Gasteiger partial charge in [-0.05, 0) is 24.7 Å². The molecule has 0 fully saturated rings. The molecule has 76 valence electrons. The second-order valence-corrected chi connectivity index (χ2v) is 3.74. The molecule has 1 aromatic rings. The molecule has 0 aliphatic rings. The molecular weight excluding hydrogens is 246 g/mol. The Kier molecular flexibility index (Phi) is 4.10. The van der Waals surface area contributed by atoms with Gasteiger partial charge in [-0.3, -0.25) is 4.79 Å². The standard InChI is InChI=1S/C10H12BrNO2/c1-12-5-7-3-8(11)4-10(14-2)9(7)6-13/h3-4,6,12H,5H2,1-2H3. The Morgan fingerprint density at radius 3 is 2.79 bits per heavy atom. The maximum atomic E-state index is 10.9. The van der Waals surface area contributed by atoms with Crippen molar-refractivity contribution in [3.8, 4) is 5.75 Å². The van der Waals surface area contributed by atoms with Gasteiger partial charge in [0, 0.05) is 11.0 Å². The van der Waals surface area contributed by atoms with Gasteiger partial charge < -0.3 is 10.1 Å². The fourth-order valence-corrected chi connectivity index (χ4v) is 1.77. The summed E-state index contributed by atoms with van der Waals surface area (Å²) in [4.78, 5) is 10.9. The minimum absolute atomic E-state index is 0.597. The number of methoxy groups -OCH3 is 1. The summed E-state index contributed by atoms with van der Waals surface area (Å²) >= 11 is 3.36. The van der Waals surface area contributed by atoms with Crippen molar-refractivity contribution in [2.24, 2.45) is 0 Å². The van der Waals surface area contributed by atoms with Crippen molar-refractivity contribution >= 4 is 22.2 Å². The van der Waals surface area contributed by atoms with Crippen LogP contribution in [0.3, 0.4) is 0 Å². The van der Waals surface area contributed by atoms with E-state index < -0.39 is 0 Å². The third-order valence-electron chi connectivity index (χ3n) is 1.90. The maximum absolute atomic E-state index is 10.9. The lowest BCUT2D eigenvalue weighted by Gasteiger charge is -2.09. The van der Waals surface area contributed by atoms with E-state index in [1.54, 1.807) is 13.2 Å². The van der Waals surface area contributed by atoms with E-state index in [1.165, 1.54) is 0 Å². The minimum Gasteiger partial charge on any atom is -0.496 e. The first-order valence-corrected chi connectivity index (χ1v) is 4.98. The topological polar surface area (TPSA) is 38.3 Å². The van der Waals surface area contributed by atoms with Crippen molar-refractivity contribution < 1.29 is 9.53 Å². The molecular formula is C10H12BrNO2. The average Bonchev–Trinajstić information content (AvgIpc) is 2.17. The van der Waals surface area contributed by atoms with Crippen LogP contribution in [0, 0.1) is 0 Å². The molecule has 0 bridgehead atoms. The van der Waals surface area contributed by atoms with Gasteiger partial charge in [-0.15, -0.1) is 0 Å². The summed E-state index contributed by atoms with van der Waals surface area (Å²) in [5.41, 5.74) is 1.53. The van der Waals surface area contributed by atoms with Crippen molar-refractivity contribution in [3.05, 3.63) is 27.7 Å². The Labute approximate surface area is 91.6 Å². The summed E-state index contributed by atoms with van der Waals surface area (Å²) in [5.74, 6) is 0.597. The molecule has 0 unspecified atom stereocenters. The van der Waals surface area contributed by atoms with Gasteiger partial charge in [0.2, 0.25) is 0 Å². The molecule has 0 spiro atoms. The average molecular weight is 258 g/mol. The van der Waals surface area contributed by atoms with Crippen molar-refractivity contribution in [1.29, 1.82) is 0 Å². The van der Waals surface area contributed by atoms with E-state index in [0.717, 1.165) is 16.3 Å². The van der Waals surface area contributed by atoms with Gasteiger partial charge >= 0.3 is 0 Å². The number of hydrogen-bond donors (Lipinski definition) is 1. The highest BCUT2D eigenvalue weighted by molar-refractivity contribution is 9.10. The molecule has 0 atom stereocenters. The number of carbonyl (C=O) groups excluding carboxylic acids is 1. The smallest absolute Gasteiger partial charge is 0.154 e. The Balaban J connectivity index is 3.24. The lowest BCUT2D eigenvalue weighted by Crippen LogP contribution is -2.08. The van der Waals surface area contributed by atoms with Crippen LogP contribution in [0.4, 0.5) is 0 Å². The van der Waals surface area contributed by atoms with Crippen LogP contribution in [0.25, 0.3) is 0 Å². The molecule has 0 heterocycles. The molecule has 1 N–H and O–H groups in total. The predicted molar refractivity (Wildman–Crippen MR) is 58.8 cm³/mol. The van der Waals surface area contributed by atoms with Crippen molar-refractivity contribution in [3.63, 3.8) is 0 Å². The zero-order chi connectivity index (χ0) is 10.6. The Morgan fingerprint density at radius 1 is 1.57 bits per heavy atom. The van der Waals surface area contributed by atoms with Gasteiger partial charge in [0.15, 0.2) is 6.29 Å². The first-order chi connectivity index (χ1) is 6.72. The van der Waals surface area contributed by atoms with Crippen molar-refractivity contribution in [2.75, 3.05) is 14.2 Å². The summed E-state index contributed by atoms with van der Waals surface area (Å²) in [6.45, 7) is 0.643. The number of carbonyl (C=O) groups is 1. The lowest BCUT2D eigenvalue weighted by molar-refractivity contribution is 0.111. The minimum atomic E-state index is 0.597. The third kappa shape index (κ3) is 2.33. The molecule has 0 radical (unpaired) electrons. The van der Waals surface area contributed by atoms with Gasteiger partial charge in [0.1, 0.15) is 5.75 Å². The quantitative estimate of drug-likeness (QED) is 0.839. The van der Waals surface area contributed by atoms with E-state index in [1.807, 2.05) is 13.1 Å². The molecule has 0 saturated carbocycles. The van der Waals surface area contributed by atoms with Crippen molar-refractivity contribution in [1.82, 2.24) is 5.32 Å². The van der Waals surface area contributed by atoms with E-state index in [2.05, 4.69) is 21.2 Å². The van der Waals surface area contributed by atoms with Crippen LogP contribution in [0.1, 0.15) is 15.9 Å². The van der Waals surface area contributed by atoms with E-state index in [0.29, 0.717) is 17.9 Å². The molecule has 0 aliphatic heterocycles. The highest BCUT2D eigenvalue weighted by Crippen LogP contribution is 2.26. The van der Waals surface area contributed by atoms with Gasteiger partial charge in [-0.25, -0.2) is 0 Å². The fourth-order valence-electron chi connectivity index (χ4n) is 1.29. The number of aldehydes is 1. The normalized spacial score (nSPS) is 9.93. The van der Waals surface area contributed by atoms with Crippen LogP contribution in [0.15, 0.2) is 16.6 Å². The largest absolute Gasteiger partial charge is 0.496 e. The summed E-state index contributed by atoms with van der Waals surface area (Å²) in [6, 6.07) is 3.69. The molecule has 1 rings (SSSR count). The molecule has 0 aliphatic carbocycles. The summed E-state index contributed by atoms with van der Waals surface area (Å²) in [5, 5.41) is 3.00. The fraction of sp³-hybridized carbons (Fsp3) is 0.300. The zero-order valence-electron chi connectivity index (χ0n) is 8.13. The second-order valence-electron chi connectivity index (χ2n) is 2.83. The predicted octanol–water partition coefficient (Wildman–Crippen LogP) is 1.99. The van der Waals surface area contributed by atoms with E-state index >= 15 is 0 Å². The van der Waals surface area contributed by atoms with Crippen LogP contribution in [0.2, 0.25) is 0 Å². The molecule has 4 heteroatoms. The number of benzene rings is 1. The van der Waals surface area contributed by atoms with E-state index in [9.17, 15) is 4.79 Å². The number of hydrogen-bond acceptors (Lipinski definition) is 3. The van der Waals surface area contributed by atoms with Gasteiger partial charge in [0.05, 0.1) is 12.7 Å². The van der Waals surface area contributed by atoms with Crippen LogP contribution < -0.4 is 10.1 Å². The first-order valence-electron chi connectivity index (χ1n) is 4.19. The van der Waals surface area contributed by atoms with E-state index in [4.69, 9.17) is 4.74 Å². The molecule has 3 nitrogen and oxygen atoms in total. The first kappa shape index (κ1) is 11.2. The maximum Gasteiger partial charge on any atom is 0.154 e. The number of rotatable bonds is 4. The Morgan fingerprint density at radius 2 is 2.29 bits per heavy atom. The Hall–Kier alpha value is -0.870. The van der Waals surface area contributed by atoms with E-state index in [-0.39, 0.29) is 0 Å². The van der Waals surface area contributed by atoms with Crippen LogP contribution in [-0.4, -0.2) is 20.4 Å². The third-order valence-corrected chi connectivity index (χ3v) is 2.36. The number of halogens is 1. The number of nitrogens with one attached hydrogen (secondary N) is 1. The highest BCUT2D eigenvalue weighted by atomic mass is 79.9. The molecule has 1 aromatic carbocycles. The monoisotopic (exact) mass is 257 g/mol. The molecule has 0 amide bonds. The van der Waals surface area contributed by atoms with Gasteiger partial charge in [-0.1, -0.05) is 15.9 Å².